The van der Waals surface area contributed by atoms with E-state index in [0.717, 1.165) is 18.7 Å². The van der Waals surface area contributed by atoms with Gasteiger partial charge in [-0.25, -0.2) is 0 Å². The number of ether oxygens (including phenoxy) is 1. The fourth-order valence-electron chi connectivity index (χ4n) is 2.51. The molecule has 1 fully saturated rings. The van der Waals surface area contributed by atoms with Crippen LogP contribution >= 0.6 is 0 Å². The van der Waals surface area contributed by atoms with Gasteiger partial charge in [0.2, 0.25) is 0 Å². The van der Waals surface area contributed by atoms with E-state index >= 15 is 0 Å². The topological polar surface area (TPSA) is 70.6 Å². The second kappa shape index (κ2) is 4.83. The van der Waals surface area contributed by atoms with Crippen LogP contribution < -0.4 is 10.6 Å². The summed E-state index contributed by atoms with van der Waals surface area (Å²) in [5, 5.41) is 16.1. The largest absolute Gasteiger partial charge is 0.386 e. The Bertz CT molecular complexity index is 495. The molecular weight excluding hydrogens is 244 g/mol. The number of amides is 1. The summed E-state index contributed by atoms with van der Waals surface area (Å²) in [7, 11) is 0. The van der Waals surface area contributed by atoms with Crippen LogP contribution in [-0.2, 0) is 11.2 Å². The average molecular weight is 262 g/mol. The molecule has 0 aliphatic carbocycles. The average Bonchev–Trinajstić information content (AvgIpc) is 3.04. The molecule has 3 N–H and O–H groups in total. The maximum atomic E-state index is 12.1. The quantitative estimate of drug-likeness (QED) is 0.743. The number of hydrogen-bond donors (Lipinski definition) is 3. The predicted molar refractivity (Wildman–Crippen MR) is 71.4 cm³/mol. The zero-order valence-corrected chi connectivity index (χ0v) is 10.7. The summed E-state index contributed by atoms with van der Waals surface area (Å²) in [5.41, 5.74) is 2.00. The van der Waals surface area contributed by atoms with E-state index in [1.54, 1.807) is 0 Å². The normalized spacial score (nSPS) is 24.9. The lowest BCUT2D eigenvalue weighted by molar-refractivity contribution is 0.0264. The van der Waals surface area contributed by atoms with Gasteiger partial charge in [-0.15, -0.1) is 0 Å². The molecule has 0 saturated carbocycles. The molecule has 19 heavy (non-hydrogen) atoms. The first-order valence-electron chi connectivity index (χ1n) is 6.61. The summed E-state index contributed by atoms with van der Waals surface area (Å²) in [6, 6.07) is 5.68. The highest BCUT2D eigenvalue weighted by molar-refractivity contribution is 5.95. The van der Waals surface area contributed by atoms with E-state index < -0.39 is 5.60 Å². The molecule has 0 radical (unpaired) electrons. The Kier molecular flexibility index (Phi) is 3.16. The van der Waals surface area contributed by atoms with E-state index in [2.05, 4.69) is 10.6 Å². The van der Waals surface area contributed by atoms with E-state index in [4.69, 9.17) is 4.74 Å². The second-order valence-corrected chi connectivity index (χ2v) is 5.26. The second-order valence-electron chi connectivity index (χ2n) is 5.26. The van der Waals surface area contributed by atoms with Crippen molar-refractivity contribution in [1.29, 1.82) is 0 Å². The third kappa shape index (κ3) is 2.57. The SMILES string of the molecule is O=C(NCC1(O)CCOC1)c1ccc2c(c1)NCC2. The van der Waals surface area contributed by atoms with Crippen LogP contribution in [0.25, 0.3) is 0 Å². The van der Waals surface area contributed by atoms with Gasteiger partial charge < -0.3 is 20.5 Å². The summed E-state index contributed by atoms with van der Waals surface area (Å²) in [6.07, 6.45) is 1.58. The van der Waals surface area contributed by atoms with Gasteiger partial charge in [0.15, 0.2) is 0 Å². The van der Waals surface area contributed by atoms with Gasteiger partial charge in [-0.2, -0.15) is 0 Å². The monoisotopic (exact) mass is 262 g/mol. The molecule has 5 nitrogen and oxygen atoms in total. The molecule has 1 aromatic carbocycles. The van der Waals surface area contributed by atoms with Crippen molar-refractivity contribution < 1.29 is 14.6 Å². The van der Waals surface area contributed by atoms with Gasteiger partial charge in [0, 0.05) is 37.4 Å². The van der Waals surface area contributed by atoms with Crippen molar-refractivity contribution in [2.45, 2.75) is 18.4 Å². The summed E-state index contributed by atoms with van der Waals surface area (Å²) in [4.78, 5) is 12.1. The first-order valence-corrected chi connectivity index (χ1v) is 6.61. The molecule has 2 aliphatic heterocycles. The van der Waals surface area contributed by atoms with E-state index in [0.29, 0.717) is 25.2 Å². The summed E-state index contributed by atoms with van der Waals surface area (Å²) < 4.78 is 5.15. The fraction of sp³-hybridized carbons (Fsp3) is 0.500. The van der Waals surface area contributed by atoms with Crippen LogP contribution in [0.1, 0.15) is 22.3 Å². The summed E-state index contributed by atoms with van der Waals surface area (Å²) in [5.74, 6) is -0.156. The number of carbonyl (C=O) groups excluding carboxylic acids is 1. The Hall–Kier alpha value is -1.59. The number of fused-ring (bicyclic) bond motifs is 1. The molecule has 1 saturated heterocycles. The van der Waals surface area contributed by atoms with E-state index in [1.807, 2.05) is 18.2 Å². The molecule has 2 heterocycles. The first-order chi connectivity index (χ1) is 9.16. The molecule has 102 valence electrons. The minimum atomic E-state index is -0.912. The number of nitrogens with one attached hydrogen (secondary N) is 2. The highest BCUT2D eigenvalue weighted by Crippen LogP contribution is 2.23. The smallest absolute Gasteiger partial charge is 0.251 e. The van der Waals surface area contributed by atoms with E-state index in [-0.39, 0.29) is 12.5 Å². The molecule has 3 rings (SSSR count). The van der Waals surface area contributed by atoms with Crippen LogP contribution in [0, 0.1) is 0 Å². The molecule has 0 spiro atoms. The lowest BCUT2D eigenvalue weighted by Crippen LogP contribution is -2.43. The number of benzene rings is 1. The lowest BCUT2D eigenvalue weighted by Gasteiger charge is -2.20. The Morgan fingerprint density at radius 3 is 3.21 bits per heavy atom. The summed E-state index contributed by atoms with van der Waals surface area (Å²) in [6.45, 7) is 2.00. The van der Waals surface area contributed by atoms with Gasteiger partial charge in [-0.05, 0) is 24.1 Å². The maximum Gasteiger partial charge on any atom is 0.251 e. The van der Waals surface area contributed by atoms with Crippen molar-refractivity contribution in [3.8, 4) is 0 Å². The van der Waals surface area contributed by atoms with Gasteiger partial charge >= 0.3 is 0 Å². The highest BCUT2D eigenvalue weighted by Gasteiger charge is 2.32. The van der Waals surface area contributed by atoms with E-state index in [9.17, 15) is 9.90 Å². The zero-order valence-electron chi connectivity index (χ0n) is 10.7. The molecule has 1 unspecified atom stereocenters. The van der Waals surface area contributed by atoms with E-state index in [1.165, 1.54) is 5.56 Å². The minimum Gasteiger partial charge on any atom is -0.386 e. The van der Waals surface area contributed by atoms with Crippen molar-refractivity contribution in [1.82, 2.24) is 5.32 Å². The first kappa shape index (κ1) is 12.4. The maximum absolute atomic E-state index is 12.1. The minimum absolute atomic E-state index is 0.156. The van der Waals surface area contributed by atoms with Crippen molar-refractivity contribution in [3.05, 3.63) is 29.3 Å². The van der Waals surface area contributed by atoms with Gasteiger partial charge in [0.25, 0.3) is 5.91 Å². The third-order valence-corrected chi connectivity index (χ3v) is 3.74. The van der Waals surface area contributed by atoms with Gasteiger partial charge in [-0.3, -0.25) is 4.79 Å². The van der Waals surface area contributed by atoms with Crippen molar-refractivity contribution in [2.75, 3.05) is 31.6 Å². The molecule has 1 atom stereocenters. The number of aliphatic hydroxyl groups is 1. The molecular formula is C14H18N2O3. The Morgan fingerprint density at radius 2 is 2.42 bits per heavy atom. The van der Waals surface area contributed by atoms with Gasteiger partial charge in [0.1, 0.15) is 5.60 Å². The summed E-state index contributed by atoms with van der Waals surface area (Å²) >= 11 is 0. The molecule has 5 heteroatoms. The molecule has 0 bridgehead atoms. The highest BCUT2D eigenvalue weighted by atomic mass is 16.5. The van der Waals surface area contributed by atoms with Crippen LogP contribution in [0.15, 0.2) is 18.2 Å². The molecule has 1 aromatic rings. The Balaban J connectivity index is 1.64. The number of anilines is 1. The number of carbonyl (C=O) groups is 1. The molecule has 1 amide bonds. The van der Waals surface area contributed by atoms with Crippen molar-refractivity contribution >= 4 is 11.6 Å². The predicted octanol–water partition coefficient (Wildman–Crippen LogP) is 0.536. The van der Waals surface area contributed by atoms with Crippen LogP contribution in [0.3, 0.4) is 0 Å². The van der Waals surface area contributed by atoms with Gasteiger partial charge in [-0.1, -0.05) is 6.07 Å². The Morgan fingerprint density at radius 1 is 1.53 bits per heavy atom. The zero-order chi connectivity index (χ0) is 13.3. The molecule has 0 aromatic heterocycles. The lowest BCUT2D eigenvalue weighted by atomic mass is 10.0. The fourth-order valence-corrected chi connectivity index (χ4v) is 2.51. The molecule has 2 aliphatic rings. The van der Waals surface area contributed by atoms with Crippen molar-refractivity contribution in [3.63, 3.8) is 0 Å². The standard InChI is InChI=1S/C14H18N2O3/c17-13(16-8-14(18)4-6-19-9-14)11-2-1-10-3-5-15-12(10)7-11/h1-2,7,15,18H,3-6,8-9H2,(H,16,17). The van der Waals surface area contributed by atoms with Gasteiger partial charge in [0.05, 0.1) is 6.61 Å². The number of rotatable bonds is 3. The Labute approximate surface area is 112 Å². The number of hydrogen-bond acceptors (Lipinski definition) is 4. The van der Waals surface area contributed by atoms with Crippen LogP contribution in [0.2, 0.25) is 0 Å². The van der Waals surface area contributed by atoms with Crippen LogP contribution in [0.4, 0.5) is 5.69 Å². The van der Waals surface area contributed by atoms with Crippen molar-refractivity contribution in [2.24, 2.45) is 0 Å². The van der Waals surface area contributed by atoms with Crippen LogP contribution in [0.5, 0.6) is 0 Å². The third-order valence-electron chi connectivity index (χ3n) is 3.74. The van der Waals surface area contributed by atoms with Crippen LogP contribution in [-0.4, -0.2) is 42.9 Å².